The zero-order valence-electron chi connectivity index (χ0n) is 12.9. The third-order valence-electron chi connectivity index (χ3n) is 3.93. The lowest BCUT2D eigenvalue weighted by Crippen LogP contribution is -2.35. The lowest BCUT2D eigenvalue weighted by molar-refractivity contribution is -0.127. The van der Waals surface area contributed by atoms with Crippen LogP contribution in [-0.4, -0.2) is 33.8 Å². The van der Waals surface area contributed by atoms with Gasteiger partial charge >= 0.3 is 0 Å². The lowest BCUT2D eigenvalue weighted by Gasteiger charge is -2.24. The van der Waals surface area contributed by atoms with E-state index in [1.54, 1.807) is 27.4 Å². The van der Waals surface area contributed by atoms with Gasteiger partial charge in [-0.2, -0.15) is 0 Å². The molecule has 1 amide bonds. The summed E-state index contributed by atoms with van der Waals surface area (Å²) in [7, 11) is 4.82. The number of benzene rings is 1. The molecule has 116 valence electrons. The Kier molecular flexibility index (Phi) is 5.31. The minimum absolute atomic E-state index is 0.162. The molecule has 1 N–H and O–H groups in total. The van der Waals surface area contributed by atoms with E-state index in [9.17, 15) is 4.79 Å². The van der Waals surface area contributed by atoms with Crippen molar-refractivity contribution in [1.29, 1.82) is 0 Å². The van der Waals surface area contributed by atoms with Crippen LogP contribution in [0, 0.1) is 5.92 Å². The highest BCUT2D eigenvalue weighted by molar-refractivity contribution is 5.79. The first-order valence-corrected chi connectivity index (χ1v) is 7.26. The fourth-order valence-electron chi connectivity index (χ4n) is 2.45. The molecule has 1 aliphatic carbocycles. The van der Waals surface area contributed by atoms with Crippen molar-refractivity contribution in [2.75, 3.05) is 27.9 Å². The first-order valence-electron chi connectivity index (χ1n) is 7.26. The second-order valence-corrected chi connectivity index (χ2v) is 5.19. The number of amides is 1. The highest BCUT2D eigenvalue weighted by atomic mass is 16.5. The van der Waals surface area contributed by atoms with Crippen LogP contribution in [0.3, 0.4) is 0 Å². The quantitative estimate of drug-likeness (QED) is 0.837. The Hall–Kier alpha value is -1.91. The highest BCUT2D eigenvalue weighted by Crippen LogP contribution is 2.35. The van der Waals surface area contributed by atoms with Crippen LogP contribution in [0.2, 0.25) is 0 Å². The molecule has 0 atom stereocenters. The third-order valence-corrected chi connectivity index (χ3v) is 3.93. The summed E-state index contributed by atoms with van der Waals surface area (Å²) in [5, 5.41) is 2.98. The van der Waals surface area contributed by atoms with Gasteiger partial charge in [-0.15, -0.1) is 0 Å². The van der Waals surface area contributed by atoms with Crippen molar-refractivity contribution in [3.05, 3.63) is 17.7 Å². The van der Waals surface area contributed by atoms with Crippen molar-refractivity contribution in [2.45, 2.75) is 25.7 Å². The average molecular weight is 293 g/mol. The monoisotopic (exact) mass is 293 g/mol. The molecule has 1 fully saturated rings. The zero-order chi connectivity index (χ0) is 15.2. The Morgan fingerprint density at radius 3 is 2.48 bits per heavy atom. The Morgan fingerprint density at radius 1 is 1.19 bits per heavy atom. The molecule has 2 rings (SSSR count). The maximum absolute atomic E-state index is 11.8. The van der Waals surface area contributed by atoms with Gasteiger partial charge in [-0.25, -0.2) is 0 Å². The SMILES string of the molecule is COc1cc(CCNC(=O)C2CCC2)c(OC)c(OC)c1. The van der Waals surface area contributed by atoms with Gasteiger partial charge in [0.1, 0.15) is 5.75 Å². The number of rotatable bonds is 7. The fraction of sp³-hybridized carbons (Fsp3) is 0.562. The van der Waals surface area contributed by atoms with Crippen LogP contribution in [0.15, 0.2) is 12.1 Å². The van der Waals surface area contributed by atoms with Gasteiger partial charge in [-0.1, -0.05) is 6.42 Å². The Balaban J connectivity index is 2.01. The van der Waals surface area contributed by atoms with Gasteiger partial charge < -0.3 is 19.5 Å². The normalized spacial score (nSPS) is 14.2. The molecule has 0 aliphatic heterocycles. The van der Waals surface area contributed by atoms with Crippen molar-refractivity contribution in [2.24, 2.45) is 5.92 Å². The molecule has 1 saturated carbocycles. The van der Waals surface area contributed by atoms with Crippen molar-refractivity contribution in [3.63, 3.8) is 0 Å². The van der Waals surface area contributed by atoms with E-state index in [-0.39, 0.29) is 11.8 Å². The average Bonchev–Trinajstić information content (AvgIpc) is 2.44. The van der Waals surface area contributed by atoms with Crippen LogP contribution in [0.1, 0.15) is 24.8 Å². The standard InChI is InChI=1S/C16H23NO4/c1-19-13-9-12(15(21-3)14(10-13)20-2)7-8-17-16(18)11-5-4-6-11/h9-11H,4-8H2,1-3H3,(H,17,18). The molecule has 21 heavy (non-hydrogen) atoms. The summed E-state index contributed by atoms with van der Waals surface area (Å²) in [6.07, 6.45) is 3.87. The van der Waals surface area contributed by atoms with Crippen molar-refractivity contribution in [3.8, 4) is 17.2 Å². The fourth-order valence-corrected chi connectivity index (χ4v) is 2.45. The van der Waals surface area contributed by atoms with E-state index in [1.165, 1.54) is 6.42 Å². The Bertz CT molecular complexity index is 497. The number of hydrogen-bond acceptors (Lipinski definition) is 4. The number of carbonyl (C=O) groups excluding carboxylic acids is 1. The maximum Gasteiger partial charge on any atom is 0.223 e. The molecule has 0 unspecified atom stereocenters. The second-order valence-electron chi connectivity index (χ2n) is 5.19. The molecule has 0 spiro atoms. The Labute approximate surface area is 125 Å². The van der Waals surface area contributed by atoms with Gasteiger partial charge in [0.15, 0.2) is 11.5 Å². The molecular weight excluding hydrogens is 270 g/mol. The van der Waals surface area contributed by atoms with Gasteiger partial charge in [-0.3, -0.25) is 4.79 Å². The number of carbonyl (C=O) groups is 1. The predicted molar refractivity (Wildman–Crippen MR) is 80.2 cm³/mol. The summed E-state index contributed by atoms with van der Waals surface area (Å²) in [5.41, 5.74) is 0.961. The molecule has 5 heteroatoms. The van der Waals surface area contributed by atoms with E-state index in [0.717, 1.165) is 18.4 Å². The summed E-state index contributed by atoms with van der Waals surface area (Å²) in [4.78, 5) is 11.8. The number of methoxy groups -OCH3 is 3. The largest absolute Gasteiger partial charge is 0.497 e. The van der Waals surface area contributed by atoms with E-state index < -0.39 is 0 Å². The van der Waals surface area contributed by atoms with Gasteiger partial charge in [0, 0.05) is 24.1 Å². The molecule has 0 radical (unpaired) electrons. The zero-order valence-corrected chi connectivity index (χ0v) is 12.9. The molecule has 1 aliphatic rings. The number of nitrogens with one attached hydrogen (secondary N) is 1. The minimum Gasteiger partial charge on any atom is -0.497 e. The van der Waals surface area contributed by atoms with Crippen LogP contribution in [0.5, 0.6) is 17.2 Å². The van der Waals surface area contributed by atoms with E-state index in [2.05, 4.69) is 5.32 Å². The van der Waals surface area contributed by atoms with Crippen molar-refractivity contribution >= 4 is 5.91 Å². The highest BCUT2D eigenvalue weighted by Gasteiger charge is 2.24. The van der Waals surface area contributed by atoms with Crippen molar-refractivity contribution in [1.82, 2.24) is 5.32 Å². The third kappa shape index (κ3) is 3.60. The van der Waals surface area contributed by atoms with Gasteiger partial charge in [0.25, 0.3) is 0 Å². The van der Waals surface area contributed by atoms with Crippen LogP contribution in [0.4, 0.5) is 0 Å². The summed E-state index contributed by atoms with van der Waals surface area (Å²) < 4.78 is 16.0. The second kappa shape index (κ2) is 7.20. The van der Waals surface area contributed by atoms with E-state index >= 15 is 0 Å². The number of hydrogen-bond donors (Lipinski definition) is 1. The summed E-state index contributed by atoms with van der Waals surface area (Å²) in [5.74, 6) is 2.42. The molecule has 1 aromatic carbocycles. The molecule has 1 aromatic rings. The molecule has 0 aromatic heterocycles. The van der Waals surface area contributed by atoms with Crippen LogP contribution < -0.4 is 19.5 Å². The van der Waals surface area contributed by atoms with Crippen LogP contribution in [0.25, 0.3) is 0 Å². The summed E-state index contributed by atoms with van der Waals surface area (Å²) >= 11 is 0. The molecule has 5 nitrogen and oxygen atoms in total. The van der Waals surface area contributed by atoms with Crippen LogP contribution in [-0.2, 0) is 11.2 Å². The summed E-state index contributed by atoms with van der Waals surface area (Å²) in [6.45, 7) is 0.585. The molecule has 0 bridgehead atoms. The van der Waals surface area contributed by atoms with Gasteiger partial charge in [0.05, 0.1) is 21.3 Å². The summed E-state index contributed by atoms with van der Waals surface area (Å²) in [6, 6.07) is 3.70. The molecule has 0 saturated heterocycles. The first kappa shape index (κ1) is 15.5. The Morgan fingerprint density at radius 2 is 1.95 bits per heavy atom. The van der Waals surface area contributed by atoms with E-state index in [4.69, 9.17) is 14.2 Å². The van der Waals surface area contributed by atoms with E-state index in [0.29, 0.717) is 30.2 Å². The van der Waals surface area contributed by atoms with E-state index in [1.807, 2.05) is 6.07 Å². The van der Waals surface area contributed by atoms with Crippen molar-refractivity contribution < 1.29 is 19.0 Å². The maximum atomic E-state index is 11.8. The van der Waals surface area contributed by atoms with Gasteiger partial charge in [0.2, 0.25) is 5.91 Å². The minimum atomic E-state index is 0.162. The molecular formula is C16H23NO4. The van der Waals surface area contributed by atoms with Gasteiger partial charge in [-0.05, 0) is 25.3 Å². The molecule has 0 heterocycles. The smallest absolute Gasteiger partial charge is 0.223 e. The first-order chi connectivity index (χ1) is 10.2. The topological polar surface area (TPSA) is 56.8 Å². The predicted octanol–water partition coefficient (Wildman–Crippen LogP) is 2.17. The van der Waals surface area contributed by atoms with Crippen LogP contribution >= 0.6 is 0 Å². The lowest BCUT2D eigenvalue weighted by atomic mass is 9.85. The number of ether oxygens (including phenoxy) is 3.